The van der Waals surface area contributed by atoms with Gasteiger partial charge in [0.2, 0.25) is 0 Å². The standard InChI is InChI=1S/C7H9Br2NO2/c8-2-6(11)7(12)5-1-4(9)3-10-5/h1,3,6-7,10-12H,2H2. The van der Waals surface area contributed by atoms with Crippen LogP contribution in [-0.2, 0) is 0 Å². The molecule has 12 heavy (non-hydrogen) atoms. The number of aromatic amines is 1. The van der Waals surface area contributed by atoms with Gasteiger partial charge in [0.1, 0.15) is 6.10 Å². The van der Waals surface area contributed by atoms with Crippen molar-refractivity contribution in [2.75, 3.05) is 5.33 Å². The summed E-state index contributed by atoms with van der Waals surface area (Å²) in [6.07, 6.45) is 0.0608. The Morgan fingerprint density at radius 2 is 2.17 bits per heavy atom. The van der Waals surface area contributed by atoms with E-state index < -0.39 is 12.2 Å². The zero-order chi connectivity index (χ0) is 9.14. The highest BCUT2D eigenvalue weighted by Crippen LogP contribution is 2.20. The van der Waals surface area contributed by atoms with Crippen LogP contribution in [0.25, 0.3) is 0 Å². The molecule has 1 heterocycles. The Morgan fingerprint density at radius 1 is 1.50 bits per heavy atom. The van der Waals surface area contributed by atoms with Gasteiger partial charge in [0.05, 0.1) is 6.10 Å². The number of hydrogen-bond donors (Lipinski definition) is 3. The van der Waals surface area contributed by atoms with Crippen LogP contribution in [0.15, 0.2) is 16.7 Å². The van der Waals surface area contributed by atoms with E-state index in [0.717, 1.165) is 4.47 Å². The van der Waals surface area contributed by atoms with Crippen molar-refractivity contribution in [2.24, 2.45) is 0 Å². The Hall–Kier alpha value is 0.160. The molecule has 5 heteroatoms. The third kappa shape index (κ3) is 2.32. The van der Waals surface area contributed by atoms with E-state index in [-0.39, 0.29) is 0 Å². The zero-order valence-corrected chi connectivity index (χ0v) is 9.34. The first-order valence-corrected chi connectivity index (χ1v) is 5.32. The molecule has 0 fully saturated rings. The molecule has 2 unspecified atom stereocenters. The smallest absolute Gasteiger partial charge is 0.120 e. The Kier molecular flexibility index (Phi) is 3.77. The molecular weight excluding hydrogens is 290 g/mol. The number of alkyl halides is 1. The lowest BCUT2D eigenvalue weighted by atomic mass is 10.2. The average Bonchev–Trinajstić information content (AvgIpc) is 2.49. The molecular formula is C7H9Br2NO2. The van der Waals surface area contributed by atoms with Crippen LogP contribution < -0.4 is 0 Å². The molecule has 0 bridgehead atoms. The molecule has 68 valence electrons. The van der Waals surface area contributed by atoms with Gasteiger partial charge in [0.25, 0.3) is 0 Å². The van der Waals surface area contributed by atoms with Gasteiger partial charge < -0.3 is 15.2 Å². The summed E-state index contributed by atoms with van der Waals surface area (Å²) in [5.74, 6) is 0. The van der Waals surface area contributed by atoms with Crippen LogP contribution in [-0.4, -0.2) is 26.6 Å². The van der Waals surface area contributed by atoms with E-state index >= 15 is 0 Å². The summed E-state index contributed by atoms with van der Waals surface area (Å²) in [5, 5.41) is 19.1. The van der Waals surface area contributed by atoms with E-state index in [4.69, 9.17) is 0 Å². The maximum atomic E-state index is 9.47. The lowest BCUT2D eigenvalue weighted by Gasteiger charge is -2.13. The Bertz CT molecular complexity index is 251. The summed E-state index contributed by atoms with van der Waals surface area (Å²) in [6.45, 7) is 0. The zero-order valence-electron chi connectivity index (χ0n) is 6.17. The molecule has 0 aromatic carbocycles. The number of aromatic nitrogens is 1. The number of rotatable bonds is 3. The predicted molar refractivity (Wildman–Crippen MR) is 53.3 cm³/mol. The van der Waals surface area contributed by atoms with Crippen LogP contribution in [0.3, 0.4) is 0 Å². The van der Waals surface area contributed by atoms with Crippen LogP contribution in [0.2, 0.25) is 0 Å². The topological polar surface area (TPSA) is 56.2 Å². The fourth-order valence-electron chi connectivity index (χ4n) is 0.847. The SMILES string of the molecule is OC(CBr)C(O)c1cc(Br)c[nH]1. The van der Waals surface area contributed by atoms with Crippen molar-refractivity contribution >= 4 is 31.9 Å². The third-order valence-electron chi connectivity index (χ3n) is 1.51. The molecule has 0 radical (unpaired) electrons. The molecule has 0 aliphatic heterocycles. The van der Waals surface area contributed by atoms with Gasteiger partial charge in [-0.3, -0.25) is 0 Å². The fraction of sp³-hybridized carbons (Fsp3) is 0.429. The van der Waals surface area contributed by atoms with Gasteiger partial charge in [-0.2, -0.15) is 0 Å². The summed E-state index contributed by atoms with van der Waals surface area (Å²) >= 11 is 6.32. The van der Waals surface area contributed by atoms with Gasteiger partial charge in [-0.1, -0.05) is 15.9 Å². The normalized spacial score (nSPS) is 16.0. The van der Waals surface area contributed by atoms with Crippen LogP contribution in [0.4, 0.5) is 0 Å². The number of aliphatic hydroxyl groups is 2. The quantitative estimate of drug-likeness (QED) is 0.742. The minimum Gasteiger partial charge on any atom is -0.389 e. The van der Waals surface area contributed by atoms with Crippen molar-refractivity contribution in [2.45, 2.75) is 12.2 Å². The summed E-state index contributed by atoms with van der Waals surface area (Å²) < 4.78 is 0.860. The molecule has 0 aliphatic rings. The minimum absolute atomic E-state index is 0.352. The fourth-order valence-corrected chi connectivity index (χ4v) is 1.56. The summed E-state index contributed by atoms with van der Waals surface area (Å²) in [7, 11) is 0. The molecule has 1 aromatic heterocycles. The van der Waals surface area contributed by atoms with Gasteiger partial charge in [-0.25, -0.2) is 0 Å². The van der Waals surface area contributed by atoms with Crippen molar-refractivity contribution in [1.82, 2.24) is 4.98 Å². The molecule has 0 aliphatic carbocycles. The van der Waals surface area contributed by atoms with Crippen LogP contribution in [0, 0.1) is 0 Å². The molecule has 2 atom stereocenters. The Balaban J connectivity index is 2.70. The van der Waals surface area contributed by atoms with Crippen molar-refractivity contribution in [3.8, 4) is 0 Å². The van der Waals surface area contributed by atoms with Crippen LogP contribution >= 0.6 is 31.9 Å². The number of H-pyrrole nitrogens is 1. The van der Waals surface area contributed by atoms with Crippen molar-refractivity contribution in [3.05, 3.63) is 22.4 Å². The summed E-state index contributed by atoms with van der Waals surface area (Å²) in [4.78, 5) is 2.84. The van der Waals surface area contributed by atoms with E-state index in [0.29, 0.717) is 11.0 Å². The van der Waals surface area contributed by atoms with Gasteiger partial charge >= 0.3 is 0 Å². The van der Waals surface area contributed by atoms with Crippen molar-refractivity contribution in [3.63, 3.8) is 0 Å². The van der Waals surface area contributed by atoms with Crippen molar-refractivity contribution < 1.29 is 10.2 Å². The molecule has 1 aromatic rings. The Morgan fingerprint density at radius 3 is 2.58 bits per heavy atom. The maximum Gasteiger partial charge on any atom is 0.120 e. The highest BCUT2D eigenvalue weighted by molar-refractivity contribution is 9.10. The highest BCUT2D eigenvalue weighted by atomic mass is 79.9. The molecule has 0 saturated carbocycles. The predicted octanol–water partition coefficient (Wildman–Crippen LogP) is 1.57. The number of nitrogens with one attached hydrogen (secondary N) is 1. The average molecular weight is 299 g/mol. The largest absolute Gasteiger partial charge is 0.389 e. The summed E-state index contributed by atoms with van der Waals surface area (Å²) in [6, 6.07) is 1.73. The number of hydrogen-bond acceptors (Lipinski definition) is 2. The monoisotopic (exact) mass is 297 g/mol. The Labute approximate surface area is 87.1 Å². The van der Waals surface area contributed by atoms with Gasteiger partial charge in [-0.05, 0) is 22.0 Å². The van der Waals surface area contributed by atoms with Gasteiger partial charge in [0.15, 0.2) is 0 Å². The molecule has 3 N–H and O–H groups in total. The van der Waals surface area contributed by atoms with Gasteiger partial charge in [0, 0.05) is 21.7 Å². The van der Waals surface area contributed by atoms with Crippen LogP contribution in [0.1, 0.15) is 11.8 Å². The second-order valence-electron chi connectivity index (χ2n) is 2.44. The van der Waals surface area contributed by atoms with Gasteiger partial charge in [-0.15, -0.1) is 0 Å². The number of aliphatic hydroxyl groups excluding tert-OH is 2. The maximum absolute atomic E-state index is 9.47. The first-order chi connectivity index (χ1) is 5.65. The lowest BCUT2D eigenvalue weighted by Crippen LogP contribution is -2.19. The molecule has 3 nitrogen and oxygen atoms in total. The number of halogens is 2. The van der Waals surface area contributed by atoms with E-state index in [2.05, 4.69) is 36.8 Å². The highest BCUT2D eigenvalue weighted by Gasteiger charge is 2.17. The van der Waals surface area contributed by atoms with Crippen molar-refractivity contribution in [1.29, 1.82) is 0 Å². The van der Waals surface area contributed by atoms with E-state index in [1.807, 2.05) is 0 Å². The molecule has 0 saturated heterocycles. The first-order valence-electron chi connectivity index (χ1n) is 3.41. The molecule has 1 rings (SSSR count). The van der Waals surface area contributed by atoms with E-state index in [9.17, 15) is 10.2 Å². The summed E-state index contributed by atoms with van der Waals surface area (Å²) in [5.41, 5.74) is 0.605. The first kappa shape index (κ1) is 10.2. The third-order valence-corrected chi connectivity index (χ3v) is 2.63. The second kappa shape index (κ2) is 4.41. The minimum atomic E-state index is -0.865. The second-order valence-corrected chi connectivity index (χ2v) is 4.00. The van der Waals surface area contributed by atoms with E-state index in [1.54, 1.807) is 12.3 Å². The van der Waals surface area contributed by atoms with E-state index in [1.165, 1.54) is 0 Å². The molecule has 0 spiro atoms. The lowest BCUT2D eigenvalue weighted by molar-refractivity contribution is 0.0318. The van der Waals surface area contributed by atoms with Crippen LogP contribution in [0.5, 0.6) is 0 Å². The molecule has 0 amide bonds.